The lowest BCUT2D eigenvalue weighted by Crippen LogP contribution is -2.08. The Bertz CT molecular complexity index is 495. The summed E-state index contributed by atoms with van der Waals surface area (Å²) in [7, 11) is 1.64. The van der Waals surface area contributed by atoms with Gasteiger partial charge in [-0.25, -0.2) is 4.68 Å². The Kier molecular flexibility index (Phi) is 3.39. The summed E-state index contributed by atoms with van der Waals surface area (Å²) in [6.45, 7) is 2.02. The molecule has 0 amide bonds. The van der Waals surface area contributed by atoms with Crippen molar-refractivity contribution in [2.24, 2.45) is 5.73 Å². The molecule has 0 fully saturated rings. The molecule has 2 N–H and O–H groups in total. The van der Waals surface area contributed by atoms with Crippen LogP contribution >= 0.6 is 0 Å². The van der Waals surface area contributed by atoms with Gasteiger partial charge < -0.3 is 10.5 Å². The molecule has 1 atom stereocenters. The zero-order valence-corrected chi connectivity index (χ0v) is 10.00. The first-order chi connectivity index (χ1) is 8.24. The number of benzene rings is 1. The first kappa shape index (κ1) is 11.6. The third-order valence-electron chi connectivity index (χ3n) is 2.65. The maximum absolute atomic E-state index is 5.90. The van der Waals surface area contributed by atoms with E-state index in [4.69, 9.17) is 10.5 Å². The fraction of sp³-hybridized carbons (Fsp3) is 0.333. The van der Waals surface area contributed by atoms with Gasteiger partial charge in [0.25, 0.3) is 0 Å². The van der Waals surface area contributed by atoms with E-state index in [9.17, 15) is 0 Å². The maximum atomic E-state index is 5.90. The molecule has 1 aromatic carbocycles. The van der Waals surface area contributed by atoms with Gasteiger partial charge in [-0.05, 0) is 18.6 Å². The van der Waals surface area contributed by atoms with Crippen LogP contribution in [-0.2, 0) is 0 Å². The maximum Gasteiger partial charge on any atom is 0.121 e. The predicted molar refractivity (Wildman–Crippen MR) is 65.1 cm³/mol. The van der Waals surface area contributed by atoms with Gasteiger partial charge in [0.2, 0.25) is 0 Å². The van der Waals surface area contributed by atoms with E-state index in [0.717, 1.165) is 23.6 Å². The van der Waals surface area contributed by atoms with E-state index >= 15 is 0 Å². The van der Waals surface area contributed by atoms with Crippen molar-refractivity contribution in [1.82, 2.24) is 15.0 Å². The Labute approximate surface area is 100 Å². The number of methoxy groups -OCH3 is 1. The van der Waals surface area contributed by atoms with E-state index in [1.165, 1.54) is 0 Å². The second-order valence-electron chi connectivity index (χ2n) is 3.80. The Morgan fingerprint density at radius 1 is 1.47 bits per heavy atom. The molecule has 2 aromatic rings. The van der Waals surface area contributed by atoms with Crippen LogP contribution in [0.4, 0.5) is 0 Å². The molecular formula is C12H16N4O. The lowest BCUT2D eigenvalue weighted by atomic mass is 10.2. The topological polar surface area (TPSA) is 66.0 Å². The van der Waals surface area contributed by atoms with E-state index in [0.29, 0.717) is 0 Å². The van der Waals surface area contributed by atoms with E-state index in [1.807, 2.05) is 37.4 Å². The molecule has 2 rings (SSSR count). The minimum atomic E-state index is -0.0608. The zero-order valence-electron chi connectivity index (χ0n) is 10.00. The highest BCUT2D eigenvalue weighted by molar-refractivity contribution is 5.38. The first-order valence-electron chi connectivity index (χ1n) is 5.57. The molecule has 5 nitrogen and oxygen atoms in total. The van der Waals surface area contributed by atoms with Crippen LogP contribution in [0.1, 0.15) is 25.1 Å². The van der Waals surface area contributed by atoms with Crippen molar-refractivity contribution in [2.75, 3.05) is 7.11 Å². The third kappa shape index (κ3) is 2.45. The smallest absolute Gasteiger partial charge is 0.121 e. The van der Waals surface area contributed by atoms with E-state index < -0.39 is 0 Å². The number of nitrogens with two attached hydrogens (primary N) is 1. The van der Waals surface area contributed by atoms with Gasteiger partial charge >= 0.3 is 0 Å². The predicted octanol–water partition coefficient (Wildman–Crippen LogP) is 1.69. The van der Waals surface area contributed by atoms with Crippen LogP contribution in [0.3, 0.4) is 0 Å². The lowest BCUT2D eigenvalue weighted by molar-refractivity contribution is 0.414. The summed E-state index contributed by atoms with van der Waals surface area (Å²) in [5.74, 6) is 0.791. The van der Waals surface area contributed by atoms with Gasteiger partial charge in [-0.3, -0.25) is 0 Å². The van der Waals surface area contributed by atoms with Crippen LogP contribution in [0, 0.1) is 0 Å². The van der Waals surface area contributed by atoms with Crippen molar-refractivity contribution in [3.05, 3.63) is 36.2 Å². The number of hydrogen-bond acceptors (Lipinski definition) is 4. The van der Waals surface area contributed by atoms with Gasteiger partial charge in [-0.15, -0.1) is 5.10 Å². The second kappa shape index (κ2) is 4.97. The zero-order chi connectivity index (χ0) is 12.3. The average Bonchev–Trinajstić information content (AvgIpc) is 2.87. The summed E-state index contributed by atoms with van der Waals surface area (Å²) in [6, 6.07) is 7.58. The van der Waals surface area contributed by atoms with Crippen LogP contribution < -0.4 is 10.5 Å². The molecule has 5 heteroatoms. The van der Waals surface area contributed by atoms with Crippen LogP contribution in [0.2, 0.25) is 0 Å². The Balaban J connectivity index is 2.30. The number of nitrogens with zero attached hydrogens (tertiary/aromatic N) is 3. The molecule has 0 aliphatic rings. The summed E-state index contributed by atoms with van der Waals surface area (Å²) < 4.78 is 6.87. The molecule has 0 saturated carbocycles. The minimum Gasteiger partial charge on any atom is -0.497 e. The van der Waals surface area contributed by atoms with Gasteiger partial charge in [-0.1, -0.05) is 18.2 Å². The van der Waals surface area contributed by atoms with Crippen molar-refractivity contribution in [1.29, 1.82) is 0 Å². The summed E-state index contributed by atoms with van der Waals surface area (Å²) in [6.07, 6.45) is 2.69. The molecule has 0 aliphatic carbocycles. The van der Waals surface area contributed by atoms with Crippen LogP contribution in [0.25, 0.3) is 5.69 Å². The van der Waals surface area contributed by atoms with Gasteiger partial charge in [0.1, 0.15) is 5.75 Å². The minimum absolute atomic E-state index is 0.0608. The highest BCUT2D eigenvalue weighted by Crippen LogP contribution is 2.17. The molecule has 17 heavy (non-hydrogen) atoms. The Morgan fingerprint density at radius 3 is 3.00 bits per heavy atom. The molecule has 1 unspecified atom stereocenters. The summed E-state index contributed by atoms with van der Waals surface area (Å²) in [4.78, 5) is 0. The van der Waals surface area contributed by atoms with Crippen molar-refractivity contribution in [3.63, 3.8) is 0 Å². The fourth-order valence-electron chi connectivity index (χ4n) is 1.53. The first-order valence-corrected chi connectivity index (χ1v) is 5.57. The molecule has 1 aromatic heterocycles. The van der Waals surface area contributed by atoms with Crippen molar-refractivity contribution >= 4 is 0 Å². The monoisotopic (exact) mass is 232 g/mol. The van der Waals surface area contributed by atoms with Crippen molar-refractivity contribution in [2.45, 2.75) is 19.4 Å². The molecule has 1 heterocycles. The van der Waals surface area contributed by atoms with Crippen LogP contribution in [-0.4, -0.2) is 22.1 Å². The SMILES string of the molecule is CCC(N)c1cn(-c2cccc(OC)c2)nn1. The molecule has 90 valence electrons. The lowest BCUT2D eigenvalue weighted by Gasteiger charge is -2.04. The molecule has 0 saturated heterocycles. The van der Waals surface area contributed by atoms with Gasteiger partial charge in [0, 0.05) is 6.07 Å². The van der Waals surface area contributed by atoms with E-state index in [1.54, 1.807) is 11.8 Å². The van der Waals surface area contributed by atoms with Crippen LogP contribution in [0.5, 0.6) is 5.75 Å². The number of hydrogen-bond donors (Lipinski definition) is 1. The number of ether oxygens (including phenoxy) is 1. The van der Waals surface area contributed by atoms with Gasteiger partial charge in [0.05, 0.1) is 30.7 Å². The van der Waals surface area contributed by atoms with Crippen LogP contribution in [0.15, 0.2) is 30.5 Å². The number of rotatable bonds is 4. The highest BCUT2D eigenvalue weighted by Gasteiger charge is 2.09. The number of aromatic nitrogens is 3. The van der Waals surface area contributed by atoms with E-state index in [2.05, 4.69) is 10.3 Å². The fourth-order valence-corrected chi connectivity index (χ4v) is 1.53. The summed E-state index contributed by atoms with van der Waals surface area (Å²) >= 11 is 0. The Morgan fingerprint density at radius 2 is 2.29 bits per heavy atom. The average molecular weight is 232 g/mol. The second-order valence-corrected chi connectivity index (χ2v) is 3.80. The summed E-state index contributed by atoms with van der Waals surface area (Å²) in [5.41, 5.74) is 7.61. The molecular weight excluding hydrogens is 216 g/mol. The normalized spacial score (nSPS) is 12.4. The highest BCUT2D eigenvalue weighted by atomic mass is 16.5. The molecule has 0 radical (unpaired) electrons. The summed E-state index contributed by atoms with van der Waals surface area (Å²) in [5, 5.41) is 8.13. The van der Waals surface area contributed by atoms with Gasteiger partial charge in [-0.2, -0.15) is 0 Å². The van der Waals surface area contributed by atoms with E-state index in [-0.39, 0.29) is 6.04 Å². The third-order valence-corrected chi connectivity index (χ3v) is 2.65. The van der Waals surface area contributed by atoms with Crippen molar-refractivity contribution in [3.8, 4) is 11.4 Å². The molecule has 0 aliphatic heterocycles. The standard InChI is InChI=1S/C12H16N4O/c1-3-11(13)12-8-16(15-14-12)9-5-4-6-10(7-9)17-2/h4-8,11H,3,13H2,1-2H3. The quantitative estimate of drug-likeness (QED) is 0.871. The van der Waals surface area contributed by atoms with Gasteiger partial charge in [0.15, 0.2) is 0 Å². The largest absolute Gasteiger partial charge is 0.497 e. The molecule has 0 bridgehead atoms. The Hall–Kier alpha value is -1.88. The van der Waals surface area contributed by atoms with Crippen molar-refractivity contribution < 1.29 is 4.74 Å². The molecule has 0 spiro atoms.